The number of carbonyl (C=O) groups is 2. The van der Waals surface area contributed by atoms with Gasteiger partial charge in [-0.05, 0) is 36.4 Å². The summed E-state index contributed by atoms with van der Waals surface area (Å²) in [6, 6.07) is 8.87. The van der Waals surface area contributed by atoms with Gasteiger partial charge in [0.1, 0.15) is 10.6 Å². The van der Waals surface area contributed by atoms with E-state index in [1.165, 1.54) is 12.1 Å². The van der Waals surface area contributed by atoms with Crippen molar-refractivity contribution in [2.45, 2.75) is 4.83 Å². The van der Waals surface area contributed by atoms with E-state index in [4.69, 9.17) is 39.5 Å². The molecule has 2 aromatic rings. The topological polar surface area (TPSA) is 67.4 Å². The van der Waals surface area contributed by atoms with Gasteiger partial charge in [-0.3, -0.25) is 10.1 Å². The van der Waals surface area contributed by atoms with E-state index in [9.17, 15) is 9.59 Å². The molecular formula is C16H11Br2Cl3N2O3. The van der Waals surface area contributed by atoms with Gasteiger partial charge in [-0.15, -0.1) is 0 Å². The fourth-order valence-corrected chi connectivity index (χ4v) is 2.87. The highest BCUT2D eigenvalue weighted by molar-refractivity contribution is 9.12. The van der Waals surface area contributed by atoms with Crippen molar-refractivity contribution < 1.29 is 14.3 Å². The van der Waals surface area contributed by atoms with Crippen molar-refractivity contribution in [3.8, 4) is 11.5 Å². The lowest BCUT2D eigenvalue weighted by Gasteiger charge is -2.13. The van der Waals surface area contributed by atoms with Crippen LogP contribution in [0.3, 0.4) is 0 Å². The van der Waals surface area contributed by atoms with Crippen molar-refractivity contribution in [3.63, 3.8) is 0 Å². The molecule has 0 aliphatic heterocycles. The minimum atomic E-state index is -0.709. The third kappa shape index (κ3) is 6.03. The Hall–Kier alpha value is -0.990. The third-order valence-electron chi connectivity index (χ3n) is 2.95. The fraction of sp³-hybridized carbons (Fsp3) is 0.125. The van der Waals surface area contributed by atoms with Crippen LogP contribution in [0, 0.1) is 0 Å². The second kappa shape index (κ2) is 9.80. The average Bonchev–Trinajstić information content (AvgIpc) is 2.58. The number of ether oxygens (including phenoxy) is 1. The van der Waals surface area contributed by atoms with Crippen molar-refractivity contribution in [2.24, 2.45) is 0 Å². The van der Waals surface area contributed by atoms with Crippen LogP contribution in [-0.4, -0.2) is 22.1 Å². The lowest BCUT2D eigenvalue weighted by Crippen LogP contribution is -2.39. The second-order valence-electron chi connectivity index (χ2n) is 4.89. The molecule has 0 fully saturated rings. The molecule has 0 saturated heterocycles. The number of alkyl halides is 2. The van der Waals surface area contributed by atoms with Crippen LogP contribution in [-0.2, 0) is 4.79 Å². The minimum Gasteiger partial charge on any atom is -0.454 e. The highest BCUT2D eigenvalue weighted by Gasteiger charge is 2.17. The lowest BCUT2D eigenvalue weighted by molar-refractivity contribution is -0.118. The molecule has 0 heterocycles. The van der Waals surface area contributed by atoms with E-state index < -0.39 is 16.8 Å². The summed E-state index contributed by atoms with van der Waals surface area (Å²) < 4.78 is 5.65. The number of amides is 3. The summed E-state index contributed by atoms with van der Waals surface area (Å²) in [6.45, 7) is 0. The Morgan fingerprint density at radius 1 is 1.08 bits per heavy atom. The first-order valence-corrected chi connectivity index (χ1v) is 10.2. The number of hydrogen-bond donors (Lipinski definition) is 2. The number of carbonyl (C=O) groups excluding carboxylic acids is 2. The van der Waals surface area contributed by atoms with E-state index in [0.717, 1.165) is 0 Å². The monoisotopic (exact) mass is 542 g/mol. The largest absolute Gasteiger partial charge is 0.454 e. The number of nitrogens with one attached hydrogen (secondary N) is 2. The minimum absolute atomic E-state index is 0.188. The first kappa shape index (κ1) is 21.3. The Bertz CT molecular complexity index is 796. The summed E-state index contributed by atoms with van der Waals surface area (Å²) in [6.07, 6.45) is 0. The smallest absolute Gasteiger partial charge is 0.325 e. The molecule has 2 N–H and O–H groups in total. The zero-order chi connectivity index (χ0) is 19.3. The van der Waals surface area contributed by atoms with E-state index in [0.29, 0.717) is 21.8 Å². The van der Waals surface area contributed by atoms with Crippen LogP contribution in [0.4, 0.5) is 10.5 Å². The summed E-state index contributed by atoms with van der Waals surface area (Å²) in [5, 5.41) is 5.97. The van der Waals surface area contributed by atoms with Crippen molar-refractivity contribution in [2.75, 3.05) is 10.6 Å². The zero-order valence-corrected chi connectivity index (χ0v) is 18.3. The predicted octanol–water partition coefficient (Wildman–Crippen LogP) is 6.25. The first-order valence-electron chi connectivity index (χ1n) is 7.04. The molecule has 2 aromatic carbocycles. The van der Waals surface area contributed by atoms with Gasteiger partial charge < -0.3 is 10.1 Å². The number of anilines is 1. The summed E-state index contributed by atoms with van der Waals surface area (Å²) in [5.74, 6) is 0.247. The van der Waals surface area contributed by atoms with E-state index in [-0.39, 0.29) is 15.8 Å². The van der Waals surface area contributed by atoms with Crippen LogP contribution in [0.2, 0.25) is 15.1 Å². The summed E-state index contributed by atoms with van der Waals surface area (Å²) in [4.78, 5) is 23.0. The molecule has 3 amide bonds. The molecule has 0 aliphatic rings. The van der Waals surface area contributed by atoms with Gasteiger partial charge in [-0.1, -0.05) is 66.7 Å². The molecule has 10 heteroatoms. The number of urea groups is 1. The Morgan fingerprint density at radius 3 is 2.19 bits per heavy atom. The van der Waals surface area contributed by atoms with Crippen molar-refractivity contribution in [1.29, 1.82) is 0 Å². The Labute approximate surface area is 181 Å². The van der Waals surface area contributed by atoms with E-state index in [1.807, 2.05) is 0 Å². The maximum absolute atomic E-state index is 11.9. The second-order valence-corrected chi connectivity index (χ2v) is 7.89. The number of benzene rings is 2. The van der Waals surface area contributed by atoms with E-state index in [1.54, 1.807) is 24.3 Å². The van der Waals surface area contributed by atoms with Crippen LogP contribution in [0.15, 0.2) is 36.4 Å². The molecule has 0 spiro atoms. The lowest BCUT2D eigenvalue weighted by atomic mass is 10.3. The normalized spacial score (nSPS) is 11.6. The van der Waals surface area contributed by atoms with Gasteiger partial charge in [-0.25, -0.2) is 4.79 Å². The highest BCUT2D eigenvalue weighted by atomic mass is 79.9. The van der Waals surface area contributed by atoms with Gasteiger partial charge in [0, 0.05) is 16.0 Å². The van der Waals surface area contributed by atoms with Gasteiger partial charge in [0.25, 0.3) is 0 Å². The molecule has 5 nitrogen and oxygen atoms in total. The number of imide groups is 1. The third-order valence-corrected chi connectivity index (χ3v) is 6.02. The Kier molecular flexibility index (Phi) is 8.04. The molecule has 0 saturated carbocycles. The van der Waals surface area contributed by atoms with Crippen LogP contribution in [0.1, 0.15) is 0 Å². The van der Waals surface area contributed by atoms with Crippen molar-refractivity contribution in [3.05, 3.63) is 51.5 Å². The molecule has 0 aromatic heterocycles. The quantitative estimate of drug-likeness (QED) is 0.437. The fourth-order valence-electron chi connectivity index (χ4n) is 1.77. The SMILES string of the molecule is O=C(NC(=O)C(Br)CBr)Nc1cc(Cl)c(Oc2ccc(Cl)cc2)c(Cl)c1. The van der Waals surface area contributed by atoms with Gasteiger partial charge in [0.05, 0.1) is 10.0 Å². The molecule has 138 valence electrons. The molecule has 2 rings (SSSR count). The number of rotatable bonds is 5. The van der Waals surface area contributed by atoms with Crippen molar-refractivity contribution in [1.82, 2.24) is 5.32 Å². The number of halogens is 5. The zero-order valence-electron chi connectivity index (χ0n) is 12.9. The first-order chi connectivity index (χ1) is 12.3. The summed E-state index contributed by atoms with van der Waals surface area (Å²) in [7, 11) is 0. The maximum Gasteiger partial charge on any atom is 0.325 e. The molecule has 1 atom stereocenters. The molecule has 26 heavy (non-hydrogen) atoms. The van der Waals surface area contributed by atoms with E-state index >= 15 is 0 Å². The number of hydrogen-bond acceptors (Lipinski definition) is 3. The summed E-state index contributed by atoms with van der Waals surface area (Å²) in [5.41, 5.74) is 0.304. The maximum atomic E-state index is 11.9. The van der Waals surface area contributed by atoms with Gasteiger partial charge >= 0.3 is 6.03 Å². The molecular weight excluding hydrogens is 534 g/mol. The molecule has 0 radical (unpaired) electrons. The van der Waals surface area contributed by atoms with Crippen LogP contribution >= 0.6 is 66.7 Å². The highest BCUT2D eigenvalue weighted by Crippen LogP contribution is 2.39. The Balaban J connectivity index is 2.09. The van der Waals surface area contributed by atoms with Crippen LogP contribution in [0.5, 0.6) is 11.5 Å². The van der Waals surface area contributed by atoms with Gasteiger partial charge in [-0.2, -0.15) is 0 Å². The van der Waals surface area contributed by atoms with Gasteiger partial charge in [0.15, 0.2) is 5.75 Å². The molecule has 0 aliphatic carbocycles. The summed E-state index contributed by atoms with van der Waals surface area (Å²) >= 11 is 24.5. The Morgan fingerprint density at radius 2 is 1.65 bits per heavy atom. The van der Waals surface area contributed by atoms with E-state index in [2.05, 4.69) is 42.5 Å². The average molecular weight is 545 g/mol. The van der Waals surface area contributed by atoms with Crippen LogP contribution in [0.25, 0.3) is 0 Å². The molecule has 0 bridgehead atoms. The molecule has 1 unspecified atom stereocenters. The van der Waals surface area contributed by atoms with Crippen molar-refractivity contribution >= 4 is 84.3 Å². The van der Waals surface area contributed by atoms with Gasteiger partial charge in [0.2, 0.25) is 5.91 Å². The standard InChI is InChI=1S/C16H11Br2Cl3N2O3/c17-7-11(18)15(24)23-16(25)22-9-5-12(20)14(13(21)6-9)26-10-3-1-8(19)2-4-10/h1-6,11H,7H2,(H2,22,23,24,25). The van der Waals surface area contributed by atoms with Crippen LogP contribution < -0.4 is 15.4 Å². The predicted molar refractivity (Wildman–Crippen MR) is 112 cm³/mol.